The maximum absolute atomic E-state index is 14.3. The molecule has 0 aromatic heterocycles. The van der Waals surface area contributed by atoms with Gasteiger partial charge in [0, 0.05) is 63.7 Å². The molecule has 0 heterocycles. The van der Waals surface area contributed by atoms with E-state index in [1.807, 2.05) is 6.92 Å². The summed E-state index contributed by atoms with van der Waals surface area (Å²) >= 11 is 0. The molecule has 0 saturated heterocycles. The van der Waals surface area contributed by atoms with Crippen LogP contribution in [-0.2, 0) is 64.5 Å². The summed E-state index contributed by atoms with van der Waals surface area (Å²) in [5.41, 5.74) is -1.78. The first-order chi connectivity index (χ1) is 41.8. The zero-order valence-corrected chi connectivity index (χ0v) is 50.2. The van der Waals surface area contributed by atoms with Crippen molar-refractivity contribution >= 4 is 51.4 Å². The van der Waals surface area contributed by atoms with Crippen molar-refractivity contribution in [3.8, 4) is 0 Å². The fourth-order valence-electron chi connectivity index (χ4n) is 13.0. The van der Waals surface area contributed by atoms with Crippen LogP contribution in [-0.4, -0.2) is 175 Å². The number of rotatable bonds is 32. The molecule has 0 amide bonds. The third-order valence-electron chi connectivity index (χ3n) is 18.3. The number of carbonyl (C=O) groups is 5. The lowest BCUT2D eigenvalue weighted by Gasteiger charge is -2.64. The number of hydrogen-bond acceptors (Lipinski definition) is 12. The van der Waals surface area contributed by atoms with Gasteiger partial charge in [-0.25, -0.2) is 0 Å². The van der Waals surface area contributed by atoms with Crippen molar-refractivity contribution in [2.45, 2.75) is 207 Å². The topological polar surface area (TPSA) is 197 Å². The molecule has 4 fully saturated rings. The minimum atomic E-state index is -8.15. The van der Waals surface area contributed by atoms with Crippen LogP contribution in [0.3, 0.4) is 0 Å². The Balaban J connectivity index is 1.42. The van der Waals surface area contributed by atoms with Crippen LogP contribution >= 0.6 is 0 Å². The van der Waals surface area contributed by atoms with E-state index in [1.165, 1.54) is 0 Å². The summed E-state index contributed by atoms with van der Waals surface area (Å²) in [4.78, 5) is 64.4. The lowest BCUT2D eigenvalue weighted by atomic mass is 9.43. The second-order valence-corrected chi connectivity index (χ2v) is 27.4. The van der Waals surface area contributed by atoms with Gasteiger partial charge in [0.1, 0.15) is 25.4 Å². The Kier molecular flexibility index (Phi) is 24.7. The van der Waals surface area contributed by atoms with Gasteiger partial charge in [-0.3, -0.25) is 32.4 Å². The fourth-order valence-corrected chi connectivity index (χ4v) is 14.9. The second-order valence-electron chi connectivity index (χ2n) is 24.0. The molecule has 2 unspecified atom stereocenters. The molecule has 13 nitrogen and oxygen atoms in total. The van der Waals surface area contributed by atoms with Crippen LogP contribution in [0.5, 0.6) is 0 Å². The van der Waals surface area contributed by atoms with E-state index in [0.29, 0.717) is 19.3 Å². The average molecular weight is 1450 g/mol. The first-order valence-corrected chi connectivity index (χ1v) is 31.0. The van der Waals surface area contributed by atoms with Crippen LogP contribution in [0.2, 0.25) is 0 Å². The maximum atomic E-state index is 14.3. The third-order valence-corrected chi connectivity index (χ3v) is 20.9. The smallest absolute Gasteiger partial charge is 0.460 e. The quantitative estimate of drug-likeness (QED) is 0.0367. The molecule has 2 N–H and O–H groups in total. The predicted molar refractivity (Wildman–Crippen MR) is 265 cm³/mol. The van der Waals surface area contributed by atoms with E-state index in [9.17, 15) is 157 Å². The highest BCUT2D eigenvalue weighted by Crippen LogP contribution is 2.70. The number of carboxylic acid groups (broad SMARTS) is 1. The molecule has 93 heavy (non-hydrogen) atoms. The summed E-state index contributed by atoms with van der Waals surface area (Å²) in [6, 6.07) is 0. The number of halogens is 26. The Morgan fingerprint density at radius 2 is 0.892 bits per heavy atom. The van der Waals surface area contributed by atoms with Gasteiger partial charge < -0.3 is 29.2 Å². The Bertz CT molecular complexity index is 2710. The first-order valence-electron chi connectivity index (χ1n) is 28.0. The van der Waals surface area contributed by atoms with Gasteiger partial charge in [0.15, 0.2) is 0 Å². The molecule has 0 bridgehead atoms. The molecule has 0 radical (unpaired) electrons. The minimum absolute atomic E-state index is 0.0150. The van der Waals surface area contributed by atoms with Crippen molar-refractivity contribution in [3.63, 3.8) is 0 Å². The van der Waals surface area contributed by atoms with Gasteiger partial charge in [-0.15, -0.1) is 0 Å². The van der Waals surface area contributed by atoms with Gasteiger partial charge in [0.2, 0.25) is 0 Å². The highest BCUT2D eigenvalue weighted by molar-refractivity contribution is 7.85. The van der Waals surface area contributed by atoms with E-state index >= 15 is 0 Å². The first kappa shape index (κ1) is 81.2. The molecule has 0 spiro atoms. The molecule has 4 aliphatic carbocycles. The summed E-state index contributed by atoms with van der Waals surface area (Å²) in [6.45, 7) is 3.32. The van der Waals surface area contributed by atoms with E-state index in [-0.39, 0.29) is 38.5 Å². The molecule has 0 aromatic carbocycles. The number of esters is 4. The Labute approximate surface area is 515 Å². The summed E-state index contributed by atoms with van der Waals surface area (Å²) in [6.07, 6.45) is -25.4. The molecule has 13 atom stereocenters. The van der Waals surface area contributed by atoms with E-state index in [1.54, 1.807) is 13.8 Å². The fraction of sp³-hybridized carbons (Fsp3) is 0.904. The van der Waals surface area contributed by atoms with Crippen LogP contribution in [0.1, 0.15) is 117 Å². The van der Waals surface area contributed by atoms with Gasteiger partial charge in [-0.2, -0.15) is 114 Å². The van der Waals surface area contributed by atoms with Crippen molar-refractivity contribution in [2.75, 3.05) is 36.2 Å². The number of alkyl halides is 26. The highest BCUT2D eigenvalue weighted by atomic mass is 32.2. The Hall–Kier alpha value is -4.21. The van der Waals surface area contributed by atoms with Gasteiger partial charge in [0.05, 0.1) is 43.3 Å². The monoisotopic (exact) mass is 1450 g/mol. The van der Waals surface area contributed by atoms with E-state index in [0.717, 1.165) is 0 Å². The SMILES string of the molecule is C[C@H](CCC(=O)O)[C@H]1CC[C@H]2[C@@H]3[C@H](OC(=O)CCC(=O)OCCS(=O)CCC(F)(F)C(F)(F)C(F)(F)C(F)(F)C(F)(F)C(F)(F)F)C[C@@H]4C[C@H](O)CC[C@]4(C)[C@H]3C[C@H](OC(=O)CCC(=O)OCCS(=O)CCC(F)(F)C(F)(F)C(F)(F)C(F)(F)C(F)(F)C(F)(F)F)[C@]12C. The number of carboxylic acids is 1. The summed E-state index contributed by atoms with van der Waals surface area (Å²) in [5, 5.41) is 20.4. The molecule has 4 rings (SSSR count). The number of fused-ring (bicyclic) bond motifs is 5. The number of aliphatic hydroxyl groups is 1. The number of aliphatic carboxylic acids is 1. The number of aliphatic hydroxyl groups excluding tert-OH is 1. The molecule has 0 aromatic rings. The lowest BCUT2D eigenvalue weighted by molar-refractivity contribution is -0.439. The van der Waals surface area contributed by atoms with Crippen molar-refractivity contribution in [3.05, 3.63) is 0 Å². The van der Waals surface area contributed by atoms with Gasteiger partial charge in [-0.05, 0) is 86.4 Å². The minimum Gasteiger partial charge on any atom is -0.481 e. The van der Waals surface area contributed by atoms with Gasteiger partial charge in [-0.1, -0.05) is 20.8 Å². The molecule has 542 valence electrons. The number of hydrogen-bond donors (Lipinski definition) is 2. The third kappa shape index (κ3) is 15.9. The summed E-state index contributed by atoms with van der Waals surface area (Å²) in [7, 11) is -5.80. The summed E-state index contributed by atoms with van der Waals surface area (Å²) < 4.78 is 397. The largest absolute Gasteiger partial charge is 0.481 e. The van der Waals surface area contributed by atoms with Crippen molar-refractivity contribution < 1.29 is 176 Å². The van der Waals surface area contributed by atoms with Crippen LogP contribution < -0.4 is 0 Å². The van der Waals surface area contributed by atoms with Crippen LogP contribution in [0.4, 0.5) is 114 Å². The van der Waals surface area contributed by atoms with E-state index < -0.39 is 262 Å². The summed E-state index contributed by atoms with van der Waals surface area (Å²) in [5.74, 6) is -91.1. The zero-order chi connectivity index (χ0) is 71.9. The van der Waals surface area contributed by atoms with Gasteiger partial charge >= 0.3 is 101 Å². The predicted octanol–water partition coefficient (Wildman–Crippen LogP) is 13.0. The molecular weight excluding hydrogens is 1390 g/mol. The van der Waals surface area contributed by atoms with E-state index in [4.69, 9.17) is 18.9 Å². The molecule has 41 heteroatoms. The maximum Gasteiger partial charge on any atom is 0.460 e. The average Bonchev–Trinajstić information content (AvgIpc) is 1.69. The normalized spacial score (nSPS) is 27.4. The second kappa shape index (κ2) is 28.3. The van der Waals surface area contributed by atoms with Crippen LogP contribution in [0.15, 0.2) is 0 Å². The standard InChI is InChI=1S/C52H62F26O13S2/c1-25(4-7-33(80)81)28-5-6-29-38-30(24-32(40(28,29)3)91-37(85)11-9-35(83)89-17-21-93(87)19-15-42(55,56)44(59,60)46(63,64)48(67,68)50(71,72)52(76,77)78)39(2)13-12-27(79)22-26(39)23-31(38)90-36(84)10-8-34(82)88-16-20-92(86)18-14-41(53,54)43(57,58)45(61,62)47(65,66)49(69,70)51(73,74)75/h25-32,38,79H,4-24H2,1-3H3,(H,80,81)/t25-,26+,27-,28-,29+,30+,31-,32+,38+,39+,40-,92?,93?/m1/s1. The van der Waals surface area contributed by atoms with Crippen molar-refractivity contribution in [1.82, 2.24) is 0 Å². The number of carbonyl (C=O) groups excluding carboxylic acids is 4. The molecule has 4 saturated carbocycles. The molecule has 4 aliphatic rings. The van der Waals surface area contributed by atoms with Gasteiger partial charge in [0.25, 0.3) is 0 Å². The van der Waals surface area contributed by atoms with Crippen LogP contribution in [0, 0.1) is 46.3 Å². The molecule has 0 aliphatic heterocycles. The van der Waals surface area contributed by atoms with Crippen molar-refractivity contribution in [2.24, 2.45) is 46.3 Å². The zero-order valence-electron chi connectivity index (χ0n) is 48.6. The Morgan fingerprint density at radius 1 is 0.495 bits per heavy atom. The van der Waals surface area contributed by atoms with E-state index in [2.05, 4.69) is 0 Å². The lowest BCUT2D eigenvalue weighted by Crippen LogP contribution is -2.70. The highest BCUT2D eigenvalue weighted by Gasteiger charge is 2.92. The van der Waals surface area contributed by atoms with Crippen molar-refractivity contribution in [1.29, 1.82) is 0 Å². The Morgan fingerprint density at radius 3 is 1.30 bits per heavy atom. The molecular formula is C52H62F26O13S2. The van der Waals surface area contributed by atoms with Crippen LogP contribution in [0.25, 0.3) is 0 Å². The number of ether oxygens (including phenoxy) is 4.